The number of para-hydroxylation sites is 1. The summed E-state index contributed by atoms with van der Waals surface area (Å²) < 4.78 is 13.2. The van der Waals surface area contributed by atoms with E-state index in [2.05, 4.69) is 26.6 Å². The Morgan fingerprint density at radius 2 is 1.92 bits per heavy atom. The lowest BCUT2D eigenvalue weighted by Gasteiger charge is -2.25. The van der Waals surface area contributed by atoms with Gasteiger partial charge in [0, 0.05) is 5.56 Å². The number of ether oxygens (including phenoxy) is 2. The summed E-state index contributed by atoms with van der Waals surface area (Å²) in [4.78, 5) is 0. The topological polar surface area (TPSA) is 128 Å². The van der Waals surface area contributed by atoms with E-state index in [1.807, 2.05) is 77.5 Å². The predicted octanol–water partition coefficient (Wildman–Crippen LogP) is 4.10. The van der Waals surface area contributed by atoms with Crippen LogP contribution in [0, 0.1) is 11.3 Å². The van der Waals surface area contributed by atoms with Gasteiger partial charge in [-0.05, 0) is 35.4 Å². The molecule has 0 saturated carbocycles. The first-order chi connectivity index (χ1) is 17.7. The van der Waals surface area contributed by atoms with Gasteiger partial charge in [0.2, 0.25) is 11.8 Å². The maximum absolute atomic E-state index is 10.1. The van der Waals surface area contributed by atoms with Crippen LogP contribution in [0.25, 0.3) is 22.3 Å². The Morgan fingerprint density at radius 1 is 1.11 bits per heavy atom. The SMILES string of the molecule is COc1ccc(C2C(C#N)=C(N)Oc3n[nH]c(-c4ccccc4)c32)cc1Cn1nnc2ccccc21. The first-order valence-electron chi connectivity index (χ1n) is 11.3. The van der Waals surface area contributed by atoms with Gasteiger partial charge in [-0.15, -0.1) is 10.2 Å². The molecule has 0 spiro atoms. The summed E-state index contributed by atoms with van der Waals surface area (Å²) in [5.41, 5.74) is 12.4. The lowest BCUT2D eigenvalue weighted by Crippen LogP contribution is -2.21. The molecule has 2 aromatic heterocycles. The normalized spacial score (nSPS) is 14.8. The molecule has 36 heavy (non-hydrogen) atoms. The fourth-order valence-electron chi connectivity index (χ4n) is 4.70. The monoisotopic (exact) mass is 475 g/mol. The quantitative estimate of drug-likeness (QED) is 0.392. The van der Waals surface area contributed by atoms with E-state index in [0.29, 0.717) is 23.7 Å². The van der Waals surface area contributed by atoms with Crippen molar-refractivity contribution in [3.05, 3.63) is 101 Å². The Morgan fingerprint density at radius 3 is 2.72 bits per heavy atom. The van der Waals surface area contributed by atoms with Crippen molar-refractivity contribution in [3.8, 4) is 29.0 Å². The van der Waals surface area contributed by atoms with Crippen LogP contribution in [0.15, 0.2) is 84.3 Å². The number of nitrogens with one attached hydrogen (secondary N) is 1. The summed E-state index contributed by atoms with van der Waals surface area (Å²) in [7, 11) is 1.63. The van der Waals surface area contributed by atoms with Crippen molar-refractivity contribution in [2.24, 2.45) is 5.73 Å². The summed E-state index contributed by atoms with van der Waals surface area (Å²) in [6.45, 7) is 0.436. The Kier molecular flexibility index (Phi) is 5.12. The van der Waals surface area contributed by atoms with Crippen molar-refractivity contribution < 1.29 is 9.47 Å². The molecule has 1 aliphatic rings. The number of methoxy groups -OCH3 is 1. The molecule has 1 unspecified atom stereocenters. The highest BCUT2D eigenvalue weighted by atomic mass is 16.5. The van der Waals surface area contributed by atoms with Gasteiger partial charge >= 0.3 is 0 Å². The van der Waals surface area contributed by atoms with Crippen LogP contribution in [0.3, 0.4) is 0 Å². The van der Waals surface area contributed by atoms with Crippen LogP contribution >= 0.6 is 0 Å². The molecular formula is C27H21N7O2. The third kappa shape index (κ3) is 3.44. The molecule has 3 N–H and O–H groups in total. The predicted molar refractivity (Wildman–Crippen MR) is 133 cm³/mol. The second kappa shape index (κ2) is 8.60. The number of nitrogens with two attached hydrogens (primary N) is 1. The smallest absolute Gasteiger partial charge is 0.244 e. The second-order valence-corrected chi connectivity index (χ2v) is 8.42. The van der Waals surface area contributed by atoms with Crippen molar-refractivity contribution in [2.45, 2.75) is 12.5 Å². The Bertz CT molecular complexity index is 1660. The summed E-state index contributed by atoms with van der Waals surface area (Å²) in [5.74, 6) is 0.622. The number of rotatable bonds is 5. The largest absolute Gasteiger partial charge is 0.496 e. The van der Waals surface area contributed by atoms with Crippen molar-refractivity contribution in [3.63, 3.8) is 0 Å². The van der Waals surface area contributed by atoms with E-state index in [9.17, 15) is 5.26 Å². The fraction of sp³-hybridized carbons (Fsp3) is 0.111. The number of allylic oxidation sites excluding steroid dienone is 1. The molecule has 3 aromatic carbocycles. The van der Waals surface area contributed by atoms with Gasteiger partial charge in [0.05, 0.1) is 36.3 Å². The minimum Gasteiger partial charge on any atom is -0.496 e. The highest BCUT2D eigenvalue weighted by molar-refractivity contribution is 5.74. The number of nitriles is 1. The van der Waals surface area contributed by atoms with Gasteiger partial charge < -0.3 is 15.2 Å². The summed E-state index contributed by atoms with van der Waals surface area (Å²) >= 11 is 0. The lowest BCUT2D eigenvalue weighted by molar-refractivity contribution is 0.378. The molecule has 176 valence electrons. The van der Waals surface area contributed by atoms with Crippen LogP contribution in [0.2, 0.25) is 0 Å². The zero-order valence-electron chi connectivity index (χ0n) is 19.3. The van der Waals surface area contributed by atoms with Gasteiger partial charge in [0.25, 0.3) is 0 Å². The fourth-order valence-corrected chi connectivity index (χ4v) is 4.70. The average molecular weight is 476 g/mol. The standard InChI is InChI=1S/C27H21N7O2/c1-35-22-12-11-17(13-18(22)15-34-21-10-6-5-9-20(21)30-33-34)23-19(14-28)26(29)36-27-24(23)25(31-32-27)16-7-3-2-4-8-16/h2-13,23H,15,29H2,1H3,(H,31,32). The lowest BCUT2D eigenvalue weighted by atomic mass is 9.82. The molecular weight excluding hydrogens is 454 g/mol. The number of benzene rings is 3. The minimum atomic E-state index is -0.482. The Hall–Kier alpha value is -5.10. The number of hydrogen-bond donors (Lipinski definition) is 2. The molecule has 6 rings (SSSR count). The van der Waals surface area contributed by atoms with E-state index in [0.717, 1.165) is 39.0 Å². The van der Waals surface area contributed by atoms with E-state index in [4.69, 9.17) is 15.2 Å². The molecule has 0 bridgehead atoms. The molecule has 9 heteroatoms. The van der Waals surface area contributed by atoms with Gasteiger partial charge in [-0.2, -0.15) is 5.26 Å². The Labute approximate surface area is 206 Å². The second-order valence-electron chi connectivity index (χ2n) is 8.42. The van der Waals surface area contributed by atoms with Crippen LogP contribution in [-0.4, -0.2) is 32.3 Å². The summed E-state index contributed by atoms with van der Waals surface area (Å²) in [6.07, 6.45) is 0. The van der Waals surface area contributed by atoms with E-state index in [1.165, 1.54) is 0 Å². The number of nitrogens with zero attached hydrogens (tertiary/aromatic N) is 5. The maximum Gasteiger partial charge on any atom is 0.244 e. The van der Waals surface area contributed by atoms with Gasteiger partial charge in [-0.3, -0.25) is 5.10 Å². The first kappa shape index (κ1) is 21.4. The number of hydrogen-bond acceptors (Lipinski definition) is 7. The molecule has 0 fully saturated rings. The van der Waals surface area contributed by atoms with Crippen LogP contribution in [0.1, 0.15) is 22.6 Å². The maximum atomic E-state index is 10.1. The number of aromatic nitrogens is 5. The summed E-state index contributed by atoms with van der Waals surface area (Å²) in [6, 6.07) is 25.7. The highest BCUT2D eigenvalue weighted by Gasteiger charge is 2.36. The molecule has 0 amide bonds. The van der Waals surface area contributed by atoms with E-state index < -0.39 is 5.92 Å². The Balaban J connectivity index is 1.50. The van der Waals surface area contributed by atoms with Crippen LogP contribution in [0.5, 0.6) is 11.6 Å². The number of fused-ring (bicyclic) bond motifs is 2. The zero-order valence-corrected chi connectivity index (χ0v) is 19.3. The van der Waals surface area contributed by atoms with Gasteiger partial charge in [-0.25, -0.2) is 4.68 Å². The molecule has 3 heterocycles. The van der Waals surface area contributed by atoms with E-state index in [-0.39, 0.29) is 5.88 Å². The van der Waals surface area contributed by atoms with Crippen LogP contribution in [0.4, 0.5) is 0 Å². The molecule has 5 aromatic rings. The van der Waals surface area contributed by atoms with Crippen molar-refractivity contribution in [1.29, 1.82) is 5.26 Å². The third-order valence-corrected chi connectivity index (χ3v) is 6.38. The van der Waals surface area contributed by atoms with Crippen LogP contribution in [-0.2, 0) is 6.54 Å². The summed E-state index contributed by atoms with van der Waals surface area (Å²) in [5, 5.41) is 26.1. The van der Waals surface area contributed by atoms with E-state index in [1.54, 1.807) is 7.11 Å². The van der Waals surface area contributed by atoms with Gasteiger partial charge in [0.15, 0.2) is 0 Å². The van der Waals surface area contributed by atoms with Crippen molar-refractivity contribution in [1.82, 2.24) is 25.2 Å². The third-order valence-electron chi connectivity index (χ3n) is 6.38. The van der Waals surface area contributed by atoms with Gasteiger partial charge in [0.1, 0.15) is 22.9 Å². The molecule has 1 atom stereocenters. The molecule has 9 nitrogen and oxygen atoms in total. The van der Waals surface area contributed by atoms with Crippen LogP contribution < -0.4 is 15.2 Å². The molecule has 1 aliphatic heterocycles. The molecule has 0 saturated heterocycles. The molecule has 0 aliphatic carbocycles. The van der Waals surface area contributed by atoms with Gasteiger partial charge in [-0.1, -0.05) is 53.7 Å². The van der Waals surface area contributed by atoms with Crippen molar-refractivity contribution >= 4 is 11.0 Å². The average Bonchev–Trinajstić information content (AvgIpc) is 3.52. The van der Waals surface area contributed by atoms with Crippen molar-refractivity contribution in [2.75, 3.05) is 7.11 Å². The number of aromatic amines is 1. The van der Waals surface area contributed by atoms with E-state index >= 15 is 0 Å². The first-order valence-corrected chi connectivity index (χ1v) is 11.3. The number of H-pyrrole nitrogens is 1. The highest BCUT2D eigenvalue weighted by Crippen LogP contribution is 2.46. The minimum absolute atomic E-state index is 0.0424. The molecule has 0 radical (unpaired) electrons. The zero-order chi connectivity index (χ0) is 24.6.